The molecule has 11 heavy (non-hydrogen) atoms. The van der Waals surface area contributed by atoms with E-state index in [2.05, 4.69) is 6.72 Å². The third-order valence-corrected chi connectivity index (χ3v) is 1.62. The summed E-state index contributed by atoms with van der Waals surface area (Å²) in [5.41, 5.74) is 0. The molecule has 3 nitrogen and oxygen atoms in total. The molecule has 0 saturated heterocycles. The highest BCUT2D eigenvalue weighted by Crippen LogP contribution is 2.01. The minimum atomic E-state index is 0.0127. The van der Waals surface area contributed by atoms with Gasteiger partial charge in [-0.1, -0.05) is 6.92 Å². The van der Waals surface area contributed by atoms with Gasteiger partial charge < -0.3 is 4.74 Å². The maximum Gasteiger partial charge on any atom is 0.388 e. The average molecular weight is 158 g/mol. The number of nitrogens with zero attached hydrogens (tertiary/aromatic N) is 1. The van der Waals surface area contributed by atoms with Gasteiger partial charge in [0.05, 0.1) is 6.10 Å². The smallest absolute Gasteiger partial charge is 0.381 e. The predicted molar refractivity (Wildman–Crippen MR) is 44.0 cm³/mol. The molecule has 64 valence electrons. The summed E-state index contributed by atoms with van der Waals surface area (Å²) >= 11 is 0. The van der Waals surface area contributed by atoms with Crippen molar-refractivity contribution in [3.05, 3.63) is 0 Å². The molecule has 1 unspecified atom stereocenters. The Labute approximate surface area is 67.7 Å². The lowest BCUT2D eigenvalue weighted by atomic mass is 10.2. The molecule has 0 bridgehead atoms. The molecule has 0 aliphatic rings. The molecule has 0 rings (SSSR count). The van der Waals surface area contributed by atoms with Crippen LogP contribution in [0.2, 0.25) is 0 Å². The van der Waals surface area contributed by atoms with Gasteiger partial charge >= 0.3 is 5.91 Å². The van der Waals surface area contributed by atoms with Crippen LogP contribution in [0.5, 0.6) is 0 Å². The fourth-order valence-electron chi connectivity index (χ4n) is 0.745. The lowest BCUT2D eigenvalue weighted by Gasteiger charge is -2.08. The quantitative estimate of drug-likeness (QED) is 0.444. The van der Waals surface area contributed by atoms with Gasteiger partial charge in [-0.3, -0.25) is 0 Å². The van der Waals surface area contributed by atoms with Crippen molar-refractivity contribution >= 4 is 12.6 Å². The van der Waals surface area contributed by atoms with Crippen LogP contribution in [0.3, 0.4) is 0 Å². The number of amides is 1. The number of ether oxygens (including phenoxy) is 1. The van der Waals surface area contributed by atoms with Crippen molar-refractivity contribution in [2.75, 3.05) is 14.2 Å². The van der Waals surface area contributed by atoms with E-state index in [1.165, 1.54) is 4.58 Å². The lowest BCUT2D eigenvalue weighted by Crippen LogP contribution is -2.22. The number of carbonyl (C=O) groups excluding carboxylic acids is 1. The van der Waals surface area contributed by atoms with Crippen molar-refractivity contribution in [1.82, 2.24) is 0 Å². The number of hydrogen-bond donors (Lipinski definition) is 0. The molecule has 0 fully saturated rings. The van der Waals surface area contributed by atoms with Gasteiger partial charge in [0.2, 0.25) is 0 Å². The molecule has 0 aromatic rings. The second kappa shape index (κ2) is 5.02. The van der Waals surface area contributed by atoms with Crippen LogP contribution >= 0.6 is 0 Å². The molecular formula is C8H16NO2+. The number of methoxy groups -OCH3 is 1. The Hall–Kier alpha value is -0.700. The summed E-state index contributed by atoms with van der Waals surface area (Å²) in [5.74, 6) is 0.0127. The fourth-order valence-corrected chi connectivity index (χ4v) is 0.745. The second-order valence-corrected chi connectivity index (χ2v) is 2.56. The third kappa shape index (κ3) is 3.88. The summed E-state index contributed by atoms with van der Waals surface area (Å²) < 4.78 is 6.38. The Morgan fingerprint density at radius 3 is 2.55 bits per heavy atom. The van der Waals surface area contributed by atoms with E-state index in [9.17, 15) is 4.79 Å². The fraction of sp³-hybridized carbons (Fsp3) is 0.750. The molecule has 0 spiro atoms. The van der Waals surface area contributed by atoms with Crippen LogP contribution in [0.1, 0.15) is 19.8 Å². The summed E-state index contributed by atoms with van der Waals surface area (Å²) in [6, 6.07) is 0. The SMILES string of the molecule is C=[N+](C)C(=O)CC(CC)OC. The van der Waals surface area contributed by atoms with E-state index in [-0.39, 0.29) is 12.0 Å². The normalized spacial score (nSPS) is 12.6. The third-order valence-electron chi connectivity index (χ3n) is 1.62. The maximum atomic E-state index is 11.1. The first-order valence-electron chi connectivity index (χ1n) is 3.71. The Kier molecular flexibility index (Phi) is 4.70. The first-order valence-corrected chi connectivity index (χ1v) is 3.71. The van der Waals surface area contributed by atoms with E-state index < -0.39 is 0 Å². The zero-order valence-electron chi connectivity index (χ0n) is 7.46. The number of rotatable bonds is 4. The van der Waals surface area contributed by atoms with Crippen LogP contribution in [-0.4, -0.2) is 37.5 Å². The minimum Gasteiger partial charge on any atom is -0.381 e. The summed E-state index contributed by atoms with van der Waals surface area (Å²) in [5, 5.41) is 0. The molecule has 1 atom stereocenters. The van der Waals surface area contributed by atoms with Crippen molar-refractivity contribution in [3.63, 3.8) is 0 Å². The predicted octanol–water partition coefficient (Wildman–Crippen LogP) is 0.671. The van der Waals surface area contributed by atoms with Crippen molar-refractivity contribution in [2.45, 2.75) is 25.9 Å². The van der Waals surface area contributed by atoms with E-state index in [4.69, 9.17) is 4.74 Å². The molecule has 0 aromatic carbocycles. The highest BCUT2D eigenvalue weighted by Gasteiger charge is 2.16. The molecule has 0 aliphatic carbocycles. The van der Waals surface area contributed by atoms with E-state index in [0.717, 1.165) is 6.42 Å². The van der Waals surface area contributed by atoms with Gasteiger partial charge in [0.25, 0.3) is 0 Å². The van der Waals surface area contributed by atoms with Gasteiger partial charge in [0, 0.05) is 7.11 Å². The zero-order valence-corrected chi connectivity index (χ0v) is 7.46. The first-order chi connectivity index (χ1) is 5.11. The summed E-state index contributed by atoms with van der Waals surface area (Å²) in [6.45, 7) is 5.48. The summed E-state index contributed by atoms with van der Waals surface area (Å²) in [4.78, 5) is 11.1. The molecule has 0 heterocycles. The standard InChI is InChI=1S/C8H16NO2/c1-5-7(11-4)6-8(10)9(2)3/h7H,2,5-6H2,1,3-4H3/q+1. The molecule has 0 radical (unpaired) electrons. The number of carbonyl (C=O) groups is 1. The zero-order chi connectivity index (χ0) is 8.85. The van der Waals surface area contributed by atoms with Gasteiger partial charge in [-0.15, -0.1) is 0 Å². The Bertz CT molecular complexity index is 150. The van der Waals surface area contributed by atoms with Crippen LogP contribution < -0.4 is 0 Å². The highest BCUT2D eigenvalue weighted by atomic mass is 16.5. The summed E-state index contributed by atoms with van der Waals surface area (Å²) in [7, 11) is 3.26. The Morgan fingerprint density at radius 1 is 1.73 bits per heavy atom. The van der Waals surface area contributed by atoms with E-state index in [1.54, 1.807) is 14.2 Å². The van der Waals surface area contributed by atoms with E-state index in [1.807, 2.05) is 6.92 Å². The molecule has 3 heteroatoms. The second-order valence-electron chi connectivity index (χ2n) is 2.56. The molecule has 0 saturated carbocycles. The van der Waals surface area contributed by atoms with E-state index in [0.29, 0.717) is 6.42 Å². The van der Waals surface area contributed by atoms with Crippen molar-refractivity contribution < 1.29 is 14.1 Å². The highest BCUT2D eigenvalue weighted by molar-refractivity contribution is 5.69. The molecule has 1 amide bonds. The van der Waals surface area contributed by atoms with Gasteiger partial charge in [-0.2, -0.15) is 4.58 Å². The van der Waals surface area contributed by atoms with Crippen LogP contribution in [0.15, 0.2) is 0 Å². The average Bonchev–Trinajstić information content (AvgIpc) is 1.99. The monoisotopic (exact) mass is 158 g/mol. The largest absolute Gasteiger partial charge is 0.388 e. The van der Waals surface area contributed by atoms with Gasteiger partial charge in [-0.05, 0) is 6.42 Å². The topological polar surface area (TPSA) is 29.3 Å². The van der Waals surface area contributed by atoms with Crippen molar-refractivity contribution in [1.29, 1.82) is 0 Å². The van der Waals surface area contributed by atoms with Crippen LogP contribution in [-0.2, 0) is 9.53 Å². The van der Waals surface area contributed by atoms with Crippen molar-refractivity contribution in [2.24, 2.45) is 0 Å². The minimum absolute atomic E-state index is 0.0127. The first kappa shape index (κ1) is 10.3. The van der Waals surface area contributed by atoms with Crippen LogP contribution in [0.25, 0.3) is 0 Å². The van der Waals surface area contributed by atoms with Crippen molar-refractivity contribution in [3.8, 4) is 0 Å². The molecule has 0 N–H and O–H groups in total. The molecule has 0 aromatic heterocycles. The summed E-state index contributed by atoms with van der Waals surface area (Å²) in [6.07, 6.45) is 1.31. The van der Waals surface area contributed by atoms with Gasteiger partial charge in [-0.25, -0.2) is 4.79 Å². The molecular weight excluding hydrogens is 142 g/mol. The Morgan fingerprint density at radius 2 is 2.27 bits per heavy atom. The van der Waals surface area contributed by atoms with E-state index >= 15 is 0 Å². The van der Waals surface area contributed by atoms with Gasteiger partial charge in [0.1, 0.15) is 20.2 Å². The molecule has 0 aliphatic heterocycles. The Balaban J connectivity index is 3.81. The van der Waals surface area contributed by atoms with Crippen LogP contribution in [0, 0.1) is 0 Å². The maximum absolute atomic E-state index is 11.1. The lowest BCUT2D eigenvalue weighted by molar-refractivity contribution is -0.411. The van der Waals surface area contributed by atoms with Gasteiger partial charge in [0.15, 0.2) is 0 Å². The van der Waals surface area contributed by atoms with Crippen LogP contribution in [0.4, 0.5) is 0 Å². The number of hydrogen-bond acceptors (Lipinski definition) is 2.